The molecule has 2 aromatic rings. The van der Waals surface area contributed by atoms with Crippen LogP contribution < -0.4 is 11.1 Å². The zero-order chi connectivity index (χ0) is 12.4. The van der Waals surface area contributed by atoms with Gasteiger partial charge >= 0.3 is 0 Å². The van der Waals surface area contributed by atoms with Crippen molar-refractivity contribution in [2.45, 2.75) is 6.92 Å². The van der Waals surface area contributed by atoms with E-state index >= 15 is 0 Å². The van der Waals surface area contributed by atoms with Crippen molar-refractivity contribution >= 4 is 28.7 Å². The Morgan fingerprint density at radius 2 is 1.94 bits per heavy atom. The van der Waals surface area contributed by atoms with Gasteiger partial charge in [-0.15, -0.1) is 0 Å². The number of hydrogen-bond acceptors (Lipinski definition) is 2. The van der Waals surface area contributed by atoms with Crippen LogP contribution in [0.3, 0.4) is 0 Å². The molecule has 0 amide bonds. The topological polar surface area (TPSA) is 38.0 Å². The molecule has 88 valence electrons. The maximum absolute atomic E-state index is 13.5. The monoisotopic (exact) mass is 250 g/mol. The predicted octanol–water partition coefficient (Wildman–Crippen LogP) is 4.11. The van der Waals surface area contributed by atoms with Crippen LogP contribution >= 0.6 is 11.6 Å². The maximum Gasteiger partial charge on any atom is 0.148 e. The number of aryl methyl sites for hydroxylation is 1. The molecule has 0 spiro atoms. The van der Waals surface area contributed by atoms with Crippen molar-refractivity contribution in [3.8, 4) is 0 Å². The zero-order valence-electron chi connectivity index (χ0n) is 9.30. The molecule has 0 fully saturated rings. The molecule has 0 aromatic heterocycles. The van der Waals surface area contributed by atoms with Crippen molar-refractivity contribution < 1.29 is 4.39 Å². The summed E-state index contributed by atoms with van der Waals surface area (Å²) in [4.78, 5) is 0. The number of nitrogens with two attached hydrogens (primary N) is 1. The molecule has 0 unspecified atom stereocenters. The van der Waals surface area contributed by atoms with E-state index in [0.717, 1.165) is 11.3 Å². The number of nitrogens with one attached hydrogen (secondary N) is 1. The quantitative estimate of drug-likeness (QED) is 0.787. The highest BCUT2D eigenvalue weighted by molar-refractivity contribution is 6.30. The van der Waals surface area contributed by atoms with Crippen LogP contribution in [0.25, 0.3) is 0 Å². The average Bonchev–Trinajstić information content (AvgIpc) is 2.27. The van der Waals surface area contributed by atoms with Gasteiger partial charge in [0, 0.05) is 16.4 Å². The van der Waals surface area contributed by atoms with E-state index in [1.54, 1.807) is 18.2 Å². The van der Waals surface area contributed by atoms with Gasteiger partial charge in [0.2, 0.25) is 0 Å². The van der Waals surface area contributed by atoms with Gasteiger partial charge < -0.3 is 11.1 Å². The van der Waals surface area contributed by atoms with Gasteiger partial charge in [-0.05, 0) is 42.8 Å². The summed E-state index contributed by atoms with van der Waals surface area (Å²) in [6.45, 7) is 1.92. The van der Waals surface area contributed by atoms with Gasteiger partial charge in [-0.2, -0.15) is 0 Å². The maximum atomic E-state index is 13.5. The Hall–Kier alpha value is -1.74. The first kappa shape index (κ1) is 11.7. The summed E-state index contributed by atoms with van der Waals surface area (Å²) in [6.07, 6.45) is 0. The second-order valence-corrected chi connectivity index (χ2v) is 4.26. The van der Waals surface area contributed by atoms with Crippen LogP contribution in [-0.4, -0.2) is 0 Å². The molecule has 0 bridgehead atoms. The van der Waals surface area contributed by atoms with E-state index in [2.05, 4.69) is 5.32 Å². The lowest BCUT2D eigenvalue weighted by molar-refractivity contribution is 0.632. The summed E-state index contributed by atoms with van der Waals surface area (Å²) in [7, 11) is 0. The normalized spacial score (nSPS) is 10.3. The first-order valence-electron chi connectivity index (χ1n) is 5.14. The summed E-state index contributed by atoms with van der Waals surface area (Å²) < 4.78 is 13.5. The number of hydrogen-bond donors (Lipinski definition) is 2. The molecule has 4 heteroatoms. The zero-order valence-corrected chi connectivity index (χ0v) is 10.1. The number of halogens is 2. The number of anilines is 3. The highest BCUT2D eigenvalue weighted by atomic mass is 35.5. The van der Waals surface area contributed by atoms with Crippen molar-refractivity contribution in [1.82, 2.24) is 0 Å². The number of rotatable bonds is 2. The Balaban J connectivity index is 2.28. The molecule has 0 aliphatic carbocycles. The lowest BCUT2D eigenvalue weighted by atomic mass is 10.2. The fourth-order valence-corrected chi connectivity index (χ4v) is 1.62. The van der Waals surface area contributed by atoms with Crippen LogP contribution in [0.1, 0.15) is 5.56 Å². The fraction of sp³-hybridized carbons (Fsp3) is 0.0769. The highest BCUT2D eigenvalue weighted by Crippen LogP contribution is 2.24. The van der Waals surface area contributed by atoms with Gasteiger partial charge in [-0.3, -0.25) is 0 Å². The van der Waals surface area contributed by atoms with Crippen molar-refractivity contribution in [1.29, 1.82) is 0 Å². The van der Waals surface area contributed by atoms with Crippen LogP contribution in [0.5, 0.6) is 0 Å². The third kappa shape index (κ3) is 2.68. The molecule has 0 heterocycles. The van der Waals surface area contributed by atoms with Gasteiger partial charge in [-0.25, -0.2) is 4.39 Å². The molecule has 2 nitrogen and oxygen atoms in total. The molecule has 0 atom stereocenters. The molecular formula is C13H12ClFN2. The van der Waals surface area contributed by atoms with Crippen LogP contribution in [-0.2, 0) is 0 Å². The largest absolute Gasteiger partial charge is 0.398 e. The Morgan fingerprint density at radius 1 is 1.18 bits per heavy atom. The minimum atomic E-state index is -0.392. The van der Waals surface area contributed by atoms with Crippen LogP contribution in [0.15, 0.2) is 36.4 Å². The molecule has 0 aliphatic heterocycles. The van der Waals surface area contributed by atoms with Crippen molar-refractivity contribution in [2.24, 2.45) is 0 Å². The van der Waals surface area contributed by atoms with E-state index < -0.39 is 5.82 Å². The van der Waals surface area contributed by atoms with Crippen LogP contribution in [0, 0.1) is 12.7 Å². The summed E-state index contributed by atoms with van der Waals surface area (Å²) >= 11 is 5.68. The third-order valence-electron chi connectivity index (χ3n) is 2.49. The van der Waals surface area contributed by atoms with Crippen molar-refractivity contribution in [3.63, 3.8) is 0 Å². The first-order valence-corrected chi connectivity index (χ1v) is 5.52. The summed E-state index contributed by atoms with van der Waals surface area (Å²) in [5, 5.41) is 3.33. The van der Waals surface area contributed by atoms with Crippen LogP contribution in [0.2, 0.25) is 5.02 Å². The lowest BCUT2D eigenvalue weighted by Crippen LogP contribution is -1.96. The Kier molecular flexibility index (Phi) is 3.20. The number of benzene rings is 2. The highest BCUT2D eigenvalue weighted by Gasteiger charge is 2.04. The van der Waals surface area contributed by atoms with Gasteiger partial charge in [-0.1, -0.05) is 17.7 Å². The molecule has 0 saturated heterocycles. The Morgan fingerprint density at radius 3 is 2.59 bits per heavy atom. The summed E-state index contributed by atoms with van der Waals surface area (Å²) in [5.74, 6) is -0.392. The lowest BCUT2D eigenvalue weighted by Gasteiger charge is -2.09. The minimum Gasteiger partial charge on any atom is -0.398 e. The third-order valence-corrected chi connectivity index (χ3v) is 2.72. The van der Waals surface area contributed by atoms with Gasteiger partial charge in [0.1, 0.15) is 5.82 Å². The Labute approximate surface area is 104 Å². The summed E-state index contributed by atoms with van der Waals surface area (Å²) in [6, 6.07) is 9.98. The minimum absolute atomic E-state index is 0.372. The van der Waals surface area contributed by atoms with Crippen LogP contribution in [0.4, 0.5) is 21.5 Å². The van der Waals surface area contributed by atoms with E-state index in [-0.39, 0.29) is 0 Å². The van der Waals surface area contributed by atoms with E-state index in [4.69, 9.17) is 17.3 Å². The van der Waals surface area contributed by atoms with Gasteiger partial charge in [0.15, 0.2) is 0 Å². The van der Waals surface area contributed by atoms with Crippen molar-refractivity contribution in [3.05, 3.63) is 52.8 Å². The SMILES string of the molecule is Cc1ccc(Nc2ccc(Cl)cc2F)cc1N. The molecular weight excluding hydrogens is 239 g/mol. The van der Waals surface area contributed by atoms with E-state index in [1.807, 2.05) is 19.1 Å². The number of nitrogen functional groups attached to an aromatic ring is 1. The molecule has 2 aromatic carbocycles. The molecule has 2 rings (SSSR count). The molecule has 0 aliphatic rings. The molecule has 17 heavy (non-hydrogen) atoms. The summed E-state index contributed by atoms with van der Waals surface area (Å²) in [5.41, 5.74) is 8.56. The van der Waals surface area contributed by atoms with Gasteiger partial charge in [0.05, 0.1) is 5.69 Å². The fourth-order valence-electron chi connectivity index (χ4n) is 1.46. The van der Waals surface area contributed by atoms with E-state index in [1.165, 1.54) is 6.07 Å². The molecule has 0 saturated carbocycles. The van der Waals surface area contributed by atoms with E-state index in [9.17, 15) is 4.39 Å². The second-order valence-electron chi connectivity index (χ2n) is 3.82. The molecule has 0 radical (unpaired) electrons. The smallest absolute Gasteiger partial charge is 0.148 e. The predicted molar refractivity (Wildman–Crippen MR) is 70.3 cm³/mol. The standard InChI is InChI=1S/C13H12ClFN2/c1-8-2-4-10(7-12(8)16)17-13-5-3-9(14)6-11(13)15/h2-7,17H,16H2,1H3. The Bertz CT molecular complexity index is 555. The van der Waals surface area contributed by atoms with E-state index in [0.29, 0.717) is 16.4 Å². The second kappa shape index (κ2) is 4.63. The molecule has 3 N–H and O–H groups in total. The van der Waals surface area contributed by atoms with Gasteiger partial charge in [0.25, 0.3) is 0 Å². The first-order chi connectivity index (χ1) is 8.06. The average molecular weight is 251 g/mol. The van der Waals surface area contributed by atoms with Crippen molar-refractivity contribution in [2.75, 3.05) is 11.1 Å².